The summed E-state index contributed by atoms with van der Waals surface area (Å²) >= 11 is 0. The summed E-state index contributed by atoms with van der Waals surface area (Å²) in [5.41, 5.74) is 5.80. The second-order valence-corrected chi connectivity index (χ2v) is 21.6. The van der Waals surface area contributed by atoms with E-state index in [9.17, 15) is 4.79 Å². The van der Waals surface area contributed by atoms with Crippen LogP contribution in [0.15, 0.2) is 42.6 Å². The Morgan fingerprint density at radius 1 is 1.04 bits per heavy atom. The van der Waals surface area contributed by atoms with E-state index in [-0.39, 0.29) is 46.9 Å². The number of carbonyl (C=O) groups is 1. The van der Waals surface area contributed by atoms with E-state index in [0.29, 0.717) is 39.5 Å². The number of anilines is 1. The average Bonchev–Trinajstić information content (AvgIpc) is 3.44. The number of methoxy groups -OCH3 is 1. The van der Waals surface area contributed by atoms with Gasteiger partial charge >= 0.3 is 6.09 Å². The Morgan fingerprint density at radius 3 is 2.35 bits per heavy atom. The van der Waals surface area contributed by atoms with Gasteiger partial charge in [-0.05, 0) is 62.2 Å². The Hall–Kier alpha value is -4.23. The van der Waals surface area contributed by atoms with Crippen LogP contribution in [0.2, 0.25) is 16.6 Å². The third kappa shape index (κ3) is 6.11. The Morgan fingerprint density at radius 2 is 1.73 bits per heavy atom. The SMILES string of the molecule is COc1cc(N2[C@@H]3CCN(C(=O)OC(C)(C)C)[C@@H]3[C@@H]2C)c2cnc(-c3cccc4ccc(F)c(C#C[Si](C(C)C)(C(C)C)C(C)C)c34)c(F)c2n1. The van der Waals surface area contributed by atoms with Crippen LogP contribution in [0.1, 0.15) is 81.2 Å². The van der Waals surface area contributed by atoms with Crippen LogP contribution >= 0.6 is 0 Å². The van der Waals surface area contributed by atoms with Crippen molar-refractivity contribution < 1.29 is 23.0 Å². The highest BCUT2D eigenvalue weighted by atomic mass is 28.3. The van der Waals surface area contributed by atoms with Crippen LogP contribution in [0.5, 0.6) is 5.88 Å². The third-order valence-electron chi connectivity index (χ3n) is 11.1. The van der Waals surface area contributed by atoms with Gasteiger partial charge in [0.15, 0.2) is 5.82 Å². The van der Waals surface area contributed by atoms with Crippen LogP contribution in [-0.2, 0) is 4.74 Å². The molecule has 270 valence electrons. The molecule has 10 heteroatoms. The molecule has 6 rings (SSSR count). The van der Waals surface area contributed by atoms with Gasteiger partial charge in [0.2, 0.25) is 5.88 Å². The van der Waals surface area contributed by atoms with Crippen LogP contribution in [-0.4, -0.2) is 66.4 Å². The fourth-order valence-corrected chi connectivity index (χ4v) is 14.1. The van der Waals surface area contributed by atoms with Gasteiger partial charge in [-0.15, -0.1) is 5.54 Å². The summed E-state index contributed by atoms with van der Waals surface area (Å²) in [5.74, 6) is 2.52. The van der Waals surface area contributed by atoms with E-state index in [4.69, 9.17) is 14.5 Å². The second-order valence-electron chi connectivity index (χ2n) is 16.0. The number of pyridine rings is 2. The Kier molecular flexibility index (Phi) is 9.60. The summed E-state index contributed by atoms with van der Waals surface area (Å²) in [7, 11) is -0.694. The summed E-state index contributed by atoms with van der Waals surface area (Å²) in [6.45, 7) is 21.6. The summed E-state index contributed by atoms with van der Waals surface area (Å²) in [6.07, 6.45) is 2.07. The molecule has 3 atom stereocenters. The number of likely N-dealkylation sites (tertiary alicyclic amines) is 1. The molecule has 0 spiro atoms. The van der Waals surface area contributed by atoms with E-state index >= 15 is 8.78 Å². The van der Waals surface area contributed by atoms with E-state index in [1.54, 1.807) is 24.4 Å². The van der Waals surface area contributed by atoms with Crippen molar-refractivity contribution in [2.24, 2.45) is 0 Å². The number of carbonyl (C=O) groups excluding carboxylic acids is 1. The Labute approximate surface area is 301 Å². The zero-order valence-corrected chi connectivity index (χ0v) is 32.7. The van der Waals surface area contributed by atoms with Gasteiger partial charge in [-0.2, -0.15) is 0 Å². The number of nitrogens with zero attached hydrogens (tertiary/aromatic N) is 4. The number of amides is 1. The number of fused-ring (bicyclic) bond motifs is 3. The van der Waals surface area contributed by atoms with Gasteiger partial charge in [-0.1, -0.05) is 71.7 Å². The monoisotopic (exact) mass is 712 g/mol. The van der Waals surface area contributed by atoms with E-state index < -0.39 is 25.3 Å². The number of benzene rings is 2. The van der Waals surface area contributed by atoms with E-state index in [1.165, 1.54) is 13.2 Å². The molecule has 7 nitrogen and oxygen atoms in total. The standard InChI is InChI=1S/C41H50F2N4O3Si/c1-23(2)51(24(3)4,25(5)6)20-18-28-31(42)16-15-27-13-12-14-29(35(27)28)37-36(43)38-30(22-44-37)33(21-34(45-38)49-11)47-26(7)39-32(47)17-19-46(39)40(48)50-41(8,9)10/h12-16,21-26,32,39H,17,19H2,1-11H3/t26-,32+,39+/m0/s1. The maximum atomic E-state index is 17.0. The van der Waals surface area contributed by atoms with Crippen molar-refractivity contribution in [1.29, 1.82) is 0 Å². The number of halogens is 2. The number of aromatic nitrogens is 2. The van der Waals surface area contributed by atoms with Crippen LogP contribution in [0.4, 0.5) is 19.3 Å². The van der Waals surface area contributed by atoms with Crippen LogP contribution in [0.3, 0.4) is 0 Å². The predicted molar refractivity (Wildman–Crippen MR) is 204 cm³/mol. The quantitative estimate of drug-likeness (QED) is 0.147. The zero-order chi connectivity index (χ0) is 37.2. The summed E-state index contributed by atoms with van der Waals surface area (Å²) in [5, 5.41) is 1.82. The molecule has 0 N–H and O–H groups in total. The van der Waals surface area contributed by atoms with Gasteiger partial charge in [-0.3, -0.25) is 4.98 Å². The molecule has 1 amide bonds. The van der Waals surface area contributed by atoms with Gasteiger partial charge in [0.25, 0.3) is 0 Å². The summed E-state index contributed by atoms with van der Waals surface area (Å²) in [6, 6.07) is 10.4. The lowest BCUT2D eigenvalue weighted by molar-refractivity contribution is 0.0150. The molecule has 0 bridgehead atoms. The minimum absolute atomic E-state index is 0.0194. The molecular weight excluding hydrogens is 663 g/mol. The van der Waals surface area contributed by atoms with Crippen molar-refractivity contribution in [3.8, 4) is 28.6 Å². The highest BCUT2D eigenvalue weighted by molar-refractivity contribution is 6.90. The minimum Gasteiger partial charge on any atom is -0.481 e. The van der Waals surface area contributed by atoms with Crippen molar-refractivity contribution in [3.05, 3.63) is 59.8 Å². The molecule has 2 aliphatic rings. The van der Waals surface area contributed by atoms with E-state index in [2.05, 4.69) is 69.8 Å². The normalized spacial score (nSPS) is 19.1. The Balaban J connectivity index is 1.47. The first kappa shape index (κ1) is 36.6. The number of hydrogen-bond acceptors (Lipinski definition) is 6. The van der Waals surface area contributed by atoms with Crippen LogP contribution in [0, 0.1) is 23.1 Å². The molecule has 0 unspecified atom stereocenters. The molecule has 0 aliphatic carbocycles. The van der Waals surface area contributed by atoms with Crippen molar-refractivity contribution >= 4 is 41.5 Å². The number of rotatable bonds is 6. The van der Waals surface area contributed by atoms with Crippen LogP contribution in [0.25, 0.3) is 32.9 Å². The first-order valence-corrected chi connectivity index (χ1v) is 20.3. The molecule has 51 heavy (non-hydrogen) atoms. The van der Waals surface area contributed by atoms with Gasteiger partial charge in [0.05, 0.1) is 30.4 Å². The van der Waals surface area contributed by atoms with E-state index in [0.717, 1.165) is 17.5 Å². The van der Waals surface area contributed by atoms with Crippen molar-refractivity contribution in [1.82, 2.24) is 14.9 Å². The lowest BCUT2D eigenvalue weighted by atomic mass is 9.87. The molecular formula is C41H50F2N4O3Si. The third-order valence-corrected chi connectivity index (χ3v) is 17.4. The average molecular weight is 713 g/mol. The molecule has 2 aromatic heterocycles. The molecule has 2 aliphatic heterocycles. The van der Waals surface area contributed by atoms with Crippen molar-refractivity contribution in [2.75, 3.05) is 18.6 Å². The van der Waals surface area contributed by atoms with E-state index in [1.807, 2.05) is 37.8 Å². The van der Waals surface area contributed by atoms with Crippen molar-refractivity contribution in [3.63, 3.8) is 0 Å². The van der Waals surface area contributed by atoms with Gasteiger partial charge < -0.3 is 19.3 Å². The zero-order valence-electron chi connectivity index (χ0n) is 31.7. The number of hydrogen-bond donors (Lipinski definition) is 0. The summed E-state index contributed by atoms with van der Waals surface area (Å²) < 4.78 is 44.2. The molecule has 0 saturated carbocycles. The maximum absolute atomic E-state index is 17.0. The molecule has 0 radical (unpaired) electrons. The van der Waals surface area contributed by atoms with Crippen molar-refractivity contribution in [2.45, 2.75) is 116 Å². The first-order chi connectivity index (χ1) is 24.0. The molecule has 4 aromatic rings. The lowest BCUT2D eigenvalue weighted by Crippen LogP contribution is -2.69. The molecule has 2 saturated heterocycles. The van der Waals surface area contributed by atoms with Gasteiger partial charge in [0, 0.05) is 41.2 Å². The summed E-state index contributed by atoms with van der Waals surface area (Å²) in [4.78, 5) is 26.4. The topological polar surface area (TPSA) is 67.8 Å². The van der Waals surface area contributed by atoms with Gasteiger partial charge in [0.1, 0.15) is 30.7 Å². The fraction of sp³-hybridized carbons (Fsp3) is 0.488. The lowest BCUT2D eigenvalue weighted by Gasteiger charge is -2.54. The van der Waals surface area contributed by atoms with Crippen LogP contribution < -0.4 is 9.64 Å². The first-order valence-electron chi connectivity index (χ1n) is 18.1. The largest absolute Gasteiger partial charge is 0.481 e. The minimum atomic E-state index is -2.20. The van der Waals surface area contributed by atoms with Gasteiger partial charge in [-0.25, -0.2) is 18.6 Å². The molecule has 2 aromatic carbocycles. The molecule has 4 heterocycles. The Bertz CT molecular complexity index is 2040. The second kappa shape index (κ2) is 13.4. The molecule has 2 fully saturated rings. The number of ether oxygens (including phenoxy) is 2. The highest BCUT2D eigenvalue weighted by Crippen LogP contribution is 2.46. The fourth-order valence-electron chi connectivity index (χ4n) is 8.88. The highest BCUT2D eigenvalue weighted by Gasteiger charge is 2.55. The maximum Gasteiger partial charge on any atom is 0.410 e. The predicted octanol–water partition coefficient (Wildman–Crippen LogP) is 9.89. The smallest absolute Gasteiger partial charge is 0.410 e.